The summed E-state index contributed by atoms with van der Waals surface area (Å²) in [5, 5.41) is 3.27. The SMILES string of the molecule is CCO[C@@H]1C[C@H](NC(=O)N(C)CCc2cnccn2)C12CCCCC2. The van der Waals surface area contributed by atoms with Crippen molar-refractivity contribution in [3.05, 3.63) is 24.3 Å². The lowest BCUT2D eigenvalue weighted by Crippen LogP contribution is -2.66. The Morgan fingerprint density at radius 1 is 1.36 bits per heavy atom. The first-order chi connectivity index (χ1) is 12.2. The number of hydrogen-bond acceptors (Lipinski definition) is 4. The van der Waals surface area contributed by atoms with Gasteiger partial charge in [-0.1, -0.05) is 19.3 Å². The fourth-order valence-corrected chi connectivity index (χ4v) is 4.37. The zero-order valence-electron chi connectivity index (χ0n) is 15.4. The molecule has 0 aliphatic heterocycles. The molecule has 0 saturated heterocycles. The topological polar surface area (TPSA) is 67.3 Å². The molecule has 2 amide bonds. The summed E-state index contributed by atoms with van der Waals surface area (Å²) in [4.78, 5) is 22.7. The molecule has 1 N–H and O–H groups in total. The van der Waals surface area contributed by atoms with Gasteiger partial charge in [0, 0.05) is 56.7 Å². The van der Waals surface area contributed by atoms with Gasteiger partial charge in [-0.25, -0.2) is 4.79 Å². The van der Waals surface area contributed by atoms with E-state index in [1.165, 1.54) is 32.1 Å². The number of hydrogen-bond donors (Lipinski definition) is 1. The van der Waals surface area contributed by atoms with E-state index in [4.69, 9.17) is 4.74 Å². The lowest BCUT2D eigenvalue weighted by atomic mass is 9.55. The molecule has 0 aromatic carbocycles. The number of carbonyl (C=O) groups is 1. The summed E-state index contributed by atoms with van der Waals surface area (Å²) in [5.41, 5.74) is 1.07. The summed E-state index contributed by atoms with van der Waals surface area (Å²) >= 11 is 0. The Hall–Kier alpha value is -1.69. The smallest absolute Gasteiger partial charge is 0.317 e. The van der Waals surface area contributed by atoms with Crippen LogP contribution in [0.2, 0.25) is 0 Å². The first kappa shape index (κ1) is 18.1. The van der Waals surface area contributed by atoms with Gasteiger partial charge in [-0.15, -0.1) is 0 Å². The monoisotopic (exact) mass is 346 g/mol. The minimum Gasteiger partial charge on any atom is -0.378 e. The van der Waals surface area contributed by atoms with Gasteiger partial charge in [0.1, 0.15) is 0 Å². The molecule has 25 heavy (non-hydrogen) atoms. The van der Waals surface area contributed by atoms with Gasteiger partial charge in [-0.05, 0) is 26.2 Å². The van der Waals surface area contributed by atoms with Crippen molar-refractivity contribution in [2.24, 2.45) is 5.41 Å². The number of ether oxygens (including phenoxy) is 1. The molecule has 0 bridgehead atoms. The van der Waals surface area contributed by atoms with E-state index in [0.717, 1.165) is 25.1 Å². The summed E-state index contributed by atoms with van der Waals surface area (Å²) in [5.74, 6) is 0. The zero-order chi connectivity index (χ0) is 17.7. The van der Waals surface area contributed by atoms with Crippen LogP contribution in [-0.2, 0) is 11.2 Å². The third-order valence-corrected chi connectivity index (χ3v) is 5.90. The second-order valence-electron chi connectivity index (χ2n) is 7.34. The fraction of sp³-hybridized carbons (Fsp3) is 0.737. The van der Waals surface area contributed by atoms with Crippen molar-refractivity contribution in [2.45, 2.75) is 64.0 Å². The van der Waals surface area contributed by atoms with E-state index in [1.54, 1.807) is 23.5 Å². The van der Waals surface area contributed by atoms with Crippen molar-refractivity contribution in [1.82, 2.24) is 20.2 Å². The van der Waals surface area contributed by atoms with Crippen molar-refractivity contribution >= 4 is 6.03 Å². The first-order valence-electron chi connectivity index (χ1n) is 9.54. The molecule has 2 atom stereocenters. The van der Waals surface area contributed by atoms with Crippen LogP contribution >= 0.6 is 0 Å². The lowest BCUT2D eigenvalue weighted by molar-refractivity contribution is -0.147. The molecule has 0 unspecified atom stereocenters. The van der Waals surface area contributed by atoms with Crippen molar-refractivity contribution < 1.29 is 9.53 Å². The molecule has 2 aliphatic rings. The minimum atomic E-state index is 0.00814. The number of likely N-dealkylation sites (N-methyl/N-ethyl adjacent to an activating group) is 1. The van der Waals surface area contributed by atoms with E-state index in [0.29, 0.717) is 12.6 Å². The molecule has 6 heteroatoms. The maximum Gasteiger partial charge on any atom is 0.317 e. The molecule has 3 rings (SSSR count). The third-order valence-electron chi connectivity index (χ3n) is 5.90. The molecule has 138 valence electrons. The largest absolute Gasteiger partial charge is 0.378 e. The standard InChI is InChI=1S/C19H30N4O2/c1-3-25-17-13-16(19(17)8-5-4-6-9-19)22-18(24)23(2)12-7-15-14-20-10-11-21-15/h10-11,14,16-17H,3-9,12-13H2,1-2H3,(H,22,24)/t16-,17+/m0/s1. The maximum atomic E-state index is 12.6. The Labute approximate surface area is 150 Å². The number of rotatable bonds is 6. The quantitative estimate of drug-likeness (QED) is 0.860. The highest BCUT2D eigenvalue weighted by molar-refractivity contribution is 5.74. The highest BCUT2D eigenvalue weighted by Crippen LogP contribution is 2.53. The fourth-order valence-electron chi connectivity index (χ4n) is 4.37. The molecule has 2 saturated carbocycles. The predicted octanol–water partition coefficient (Wildman–Crippen LogP) is 2.79. The zero-order valence-corrected chi connectivity index (χ0v) is 15.4. The predicted molar refractivity (Wildman–Crippen MR) is 96.2 cm³/mol. The van der Waals surface area contributed by atoms with Gasteiger partial charge < -0.3 is 15.0 Å². The van der Waals surface area contributed by atoms with Crippen LogP contribution < -0.4 is 5.32 Å². The molecule has 0 radical (unpaired) electrons. The van der Waals surface area contributed by atoms with Gasteiger partial charge in [0.15, 0.2) is 0 Å². The van der Waals surface area contributed by atoms with Crippen LogP contribution in [0.15, 0.2) is 18.6 Å². The van der Waals surface area contributed by atoms with E-state index in [9.17, 15) is 4.79 Å². The number of aromatic nitrogens is 2. The van der Waals surface area contributed by atoms with Crippen molar-refractivity contribution in [3.63, 3.8) is 0 Å². The van der Waals surface area contributed by atoms with Gasteiger partial charge in [0.05, 0.1) is 11.8 Å². The van der Waals surface area contributed by atoms with Crippen LogP contribution in [0.4, 0.5) is 4.79 Å². The van der Waals surface area contributed by atoms with Gasteiger partial charge in [-0.2, -0.15) is 0 Å². The van der Waals surface area contributed by atoms with Crippen molar-refractivity contribution in [3.8, 4) is 0 Å². The van der Waals surface area contributed by atoms with Crippen LogP contribution in [-0.4, -0.2) is 53.2 Å². The van der Waals surface area contributed by atoms with Crippen LogP contribution in [0.5, 0.6) is 0 Å². The molecule has 2 fully saturated rings. The molecule has 1 heterocycles. The van der Waals surface area contributed by atoms with E-state index >= 15 is 0 Å². The summed E-state index contributed by atoms with van der Waals surface area (Å²) in [7, 11) is 1.85. The summed E-state index contributed by atoms with van der Waals surface area (Å²) < 4.78 is 5.97. The van der Waals surface area contributed by atoms with Gasteiger partial charge in [-0.3, -0.25) is 9.97 Å². The molecule has 1 aromatic heterocycles. The molecule has 6 nitrogen and oxygen atoms in total. The average molecular weight is 346 g/mol. The molecule has 1 spiro atoms. The Kier molecular flexibility index (Phi) is 5.89. The van der Waals surface area contributed by atoms with Crippen molar-refractivity contribution in [2.75, 3.05) is 20.2 Å². The van der Waals surface area contributed by atoms with Crippen LogP contribution in [0, 0.1) is 5.41 Å². The Bertz CT molecular complexity index is 560. The van der Waals surface area contributed by atoms with Gasteiger partial charge >= 0.3 is 6.03 Å². The van der Waals surface area contributed by atoms with Crippen LogP contribution in [0.3, 0.4) is 0 Å². The molecule has 2 aliphatic carbocycles. The van der Waals surface area contributed by atoms with Crippen LogP contribution in [0.1, 0.15) is 51.1 Å². The maximum absolute atomic E-state index is 12.6. The van der Waals surface area contributed by atoms with Crippen molar-refractivity contribution in [1.29, 1.82) is 0 Å². The molecular weight excluding hydrogens is 316 g/mol. The number of nitrogens with zero attached hydrogens (tertiary/aromatic N) is 3. The van der Waals surface area contributed by atoms with Crippen LogP contribution in [0.25, 0.3) is 0 Å². The van der Waals surface area contributed by atoms with E-state index in [2.05, 4.69) is 22.2 Å². The Morgan fingerprint density at radius 3 is 2.84 bits per heavy atom. The highest BCUT2D eigenvalue weighted by atomic mass is 16.5. The normalized spacial score (nSPS) is 24.6. The van der Waals surface area contributed by atoms with Gasteiger partial charge in [0.2, 0.25) is 0 Å². The molecular formula is C19H30N4O2. The second-order valence-corrected chi connectivity index (χ2v) is 7.34. The van der Waals surface area contributed by atoms with E-state index in [1.807, 2.05) is 7.05 Å². The average Bonchev–Trinajstić information content (AvgIpc) is 2.66. The third kappa shape index (κ3) is 3.94. The highest BCUT2D eigenvalue weighted by Gasteiger charge is 2.56. The number of urea groups is 1. The number of carbonyl (C=O) groups excluding carboxylic acids is 1. The second kappa shape index (κ2) is 8.13. The summed E-state index contributed by atoms with van der Waals surface area (Å²) in [6.07, 6.45) is 13.2. The Balaban J connectivity index is 1.53. The first-order valence-corrected chi connectivity index (χ1v) is 9.54. The van der Waals surface area contributed by atoms with Gasteiger partial charge in [0.25, 0.3) is 0 Å². The summed E-state index contributed by atoms with van der Waals surface area (Å²) in [6, 6.07) is 0.254. The Morgan fingerprint density at radius 2 is 2.16 bits per heavy atom. The number of amides is 2. The molecule has 1 aromatic rings. The number of nitrogens with one attached hydrogen (secondary N) is 1. The van der Waals surface area contributed by atoms with E-state index < -0.39 is 0 Å². The van der Waals surface area contributed by atoms with E-state index in [-0.39, 0.29) is 17.5 Å². The minimum absolute atomic E-state index is 0.00814. The lowest BCUT2D eigenvalue weighted by Gasteiger charge is -2.57. The summed E-state index contributed by atoms with van der Waals surface area (Å²) in [6.45, 7) is 3.45.